The fourth-order valence-electron chi connectivity index (χ4n) is 4.27. The third-order valence-corrected chi connectivity index (χ3v) is 5.32. The first kappa shape index (κ1) is 21.0. The van der Waals surface area contributed by atoms with E-state index in [2.05, 4.69) is 0 Å². The highest BCUT2D eigenvalue weighted by molar-refractivity contribution is 5.81. The number of nitrogens with two attached hydrogens (primary N) is 1. The standard InChI is InChI=1S/C23H28N2O4/c1-23(2,3)29-22(28)25(15-18(26)14-19(25)21(24)27)20(16-10-6-4-7-11-16)17-12-8-5-9-13-17/h4-13,18-20,26H,14-15H2,1-3H3,(H-,24,27)/p+1/t18-,19?,25+/m1/s1. The van der Waals surface area contributed by atoms with E-state index in [0.29, 0.717) is 0 Å². The lowest BCUT2D eigenvalue weighted by Crippen LogP contribution is -2.63. The Balaban J connectivity index is 2.26. The molecule has 0 spiro atoms. The zero-order chi connectivity index (χ0) is 21.2. The summed E-state index contributed by atoms with van der Waals surface area (Å²) in [6.45, 7) is 5.41. The quantitative estimate of drug-likeness (QED) is 0.776. The summed E-state index contributed by atoms with van der Waals surface area (Å²) in [5.41, 5.74) is 6.71. The molecule has 6 heteroatoms. The lowest BCUT2D eigenvalue weighted by atomic mass is 9.93. The Hall–Kier alpha value is -2.70. The Bertz CT molecular complexity index is 824. The minimum Gasteiger partial charge on any atom is -0.414 e. The normalized spacial score (nSPS) is 24.4. The maximum atomic E-state index is 13.7. The fourth-order valence-corrected chi connectivity index (χ4v) is 4.27. The van der Waals surface area contributed by atoms with Crippen molar-refractivity contribution in [2.75, 3.05) is 6.54 Å². The number of amides is 2. The monoisotopic (exact) mass is 397 g/mol. The molecule has 154 valence electrons. The van der Waals surface area contributed by atoms with Crippen LogP contribution in [0.15, 0.2) is 60.7 Å². The lowest BCUT2D eigenvalue weighted by Gasteiger charge is -2.42. The number of hydrogen-bond acceptors (Lipinski definition) is 4. The van der Waals surface area contributed by atoms with E-state index in [9.17, 15) is 14.7 Å². The minimum absolute atomic E-state index is 0.0526. The van der Waals surface area contributed by atoms with Gasteiger partial charge in [-0.1, -0.05) is 60.7 Å². The number of aliphatic hydroxyl groups is 1. The molecule has 29 heavy (non-hydrogen) atoms. The average molecular weight is 397 g/mol. The van der Waals surface area contributed by atoms with Crippen LogP contribution in [0.25, 0.3) is 0 Å². The van der Waals surface area contributed by atoms with Gasteiger partial charge in [-0.25, -0.2) is 0 Å². The summed E-state index contributed by atoms with van der Waals surface area (Å²) in [4.78, 5) is 26.2. The number of ether oxygens (including phenoxy) is 1. The van der Waals surface area contributed by atoms with Crippen LogP contribution in [0.2, 0.25) is 0 Å². The van der Waals surface area contributed by atoms with Gasteiger partial charge in [-0.2, -0.15) is 9.28 Å². The zero-order valence-electron chi connectivity index (χ0n) is 17.1. The zero-order valence-corrected chi connectivity index (χ0v) is 17.1. The highest BCUT2D eigenvalue weighted by Crippen LogP contribution is 2.44. The van der Waals surface area contributed by atoms with Crippen molar-refractivity contribution in [2.24, 2.45) is 5.73 Å². The summed E-state index contributed by atoms with van der Waals surface area (Å²) in [5.74, 6) is -0.621. The number of carbonyl (C=O) groups excluding carboxylic acids is 2. The van der Waals surface area contributed by atoms with Crippen LogP contribution < -0.4 is 5.73 Å². The molecule has 1 saturated heterocycles. The molecular formula is C23H29N2O4+. The number of primary amides is 1. The average Bonchev–Trinajstić information content (AvgIpc) is 3.01. The van der Waals surface area contributed by atoms with Gasteiger partial charge in [0, 0.05) is 17.5 Å². The number of carbonyl (C=O) groups is 2. The first-order valence-electron chi connectivity index (χ1n) is 9.83. The van der Waals surface area contributed by atoms with E-state index in [1.54, 1.807) is 20.8 Å². The highest BCUT2D eigenvalue weighted by Gasteiger charge is 2.61. The first-order chi connectivity index (χ1) is 13.6. The van der Waals surface area contributed by atoms with Gasteiger partial charge in [0.25, 0.3) is 5.91 Å². The van der Waals surface area contributed by atoms with E-state index >= 15 is 0 Å². The first-order valence-corrected chi connectivity index (χ1v) is 9.83. The van der Waals surface area contributed by atoms with Crippen LogP contribution >= 0.6 is 0 Å². The Labute approximate surface area is 171 Å². The van der Waals surface area contributed by atoms with E-state index in [4.69, 9.17) is 10.5 Å². The molecule has 3 N–H and O–H groups in total. The van der Waals surface area contributed by atoms with Crippen LogP contribution in [-0.2, 0) is 9.53 Å². The predicted molar refractivity (Wildman–Crippen MR) is 110 cm³/mol. The third kappa shape index (κ3) is 4.18. The van der Waals surface area contributed by atoms with Crippen molar-refractivity contribution < 1.29 is 23.9 Å². The molecule has 0 aliphatic carbocycles. The Morgan fingerprint density at radius 2 is 1.52 bits per heavy atom. The number of nitrogens with zero attached hydrogens (tertiary/aromatic N) is 1. The van der Waals surface area contributed by atoms with Crippen molar-refractivity contribution in [1.82, 2.24) is 0 Å². The van der Waals surface area contributed by atoms with Crippen molar-refractivity contribution in [3.63, 3.8) is 0 Å². The molecule has 1 unspecified atom stereocenters. The molecular weight excluding hydrogens is 368 g/mol. The molecule has 6 nitrogen and oxygen atoms in total. The van der Waals surface area contributed by atoms with Crippen LogP contribution in [0, 0.1) is 0 Å². The van der Waals surface area contributed by atoms with Gasteiger partial charge in [-0.05, 0) is 20.8 Å². The topological polar surface area (TPSA) is 89.6 Å². The van der Waals surface area contributed by atoms with Gasteiger partial charge in [0.2, 0.25) is 0 Å². The molecule has 1 aliphatic rings. The van der Waals surface area contributed by atoms with Crippen molar-refractivity contribution in [2.45, 2.75) is 51.0 Å². The van der Waals surface area contributed by atoms with E-state index in [1.165, 1.54) is 0 Å². The summed E-state index contributed by atoms with van der Waals surface area (Å²) < 4.78 is 5.40. The molecule has 0 radical (unpaired) electrons. The molecule has 0 saturated carbocycles. The minimum atomic E-state index is -0.898. The number of benzene rings is 2. The molecule has 2 amide bonds. The smallest absolute Gasteiger partial charge is 0.414 e. The Morgan fingerprint density at radius 1 is 1.03 bits per heavy atom. The Kier molecular flexibility index (Phi) is 5.78. The molecule has 0 bridgehead atoms. The number of hydrogen-bond donors (Lipinski definition) is 2. The van der Waals surface area contributed by atoms with Gasteiger partial charge in [0.1, 0.15) is 18.2 Å². The van der Waals surface area contributed by atoms with E-state index < -0.39 is 35.8 Å². The number of quaternary nitrogens is 1. The fraction of sp³-hybridized carbons (Fsp3) is 0.391. The second-order valence-corrected chi connectivity index (χ2v) is 8.63. The number of likely N-dealkylation sites (tertiary alicyclic amines) is 1. The van der Waals surface area contributed by atoms with Crippen molar-refractivity contribution in [3.05, 3.63) is 71.8 Å². The predicted octanol–water partition coefficient (Wildman–Crippen LogP) is 3.15. The highest BCUT2D eigenvalue weighted by atomic mass is 16.6. The van der Waals surface area contributed by atoms with Crippen LogP contribution in [0.5, 0.6) is 0 Å². The summed E-state index contributed by atoms with van der Waals surface area (Å²) in [7, 11) is 0. The molecule has 1 aliphatic heterocycles. The second-order valence-electron chi connectivity index (χ2n) is 8.63. The van der Waals surface area contributed by atoms with Crippen LogP contribution in [0.3, 0.4) is 0 Å². The van der Waals surface area contributed by atoms with Gasteiger partial charge in [-0.3, -0.25) is 4.79 Å². The van der Waals surface area contributed by atoms with E-state index in [0.717, 1.165) is 11.1 Å². The van der Waals surface area contributed by atoms with Gasteiger partial charge in [0.05, 0.1) is 0 Å². The second kappa shape index (κ2) is 7.97. The van der Waals surface area contributed by atoms with Gasteiger partial charge in [0.15, 0.2) is 12.1 Å². The van der Waals surface area contributed by atoms with Crippen LogP contribution in [0.1, 0.15) is 44.4 Å². The van der Waals surface area contributed by atoms with E-state index in [-0.39, 0.29) is 17.4 Å². The molecule has 2 aromatic carbocycles. The molecule has 3 atom stereocenters. The molecule has 1 heterocycles. The molecule has 3 rings (SSSR count). The maximum Gasteiger partial charge on any atom is 0.518 e. The number of aliphatic hydroxyl groups excluding tert-OH is 1. The maximum absolute atomic E-state index is 13.7. The van der Waals surface area contributed by atoms with Gasteiger partial charge in [-0.15, -0.1) is 0 Å². The van der Waals surface area contributed by atoms with Gasteiger partial charge < -0.3 is 15.6 Å². The molecule has 0 aromatic heterocycles. The summed E-state index contributed by atoms with van der Waals surface area (Å²) in [6, 6.07) is 17.6. The Morgan fingerprint density at radius 3 is 1.93 bits per heavy atom. The van der Waals surface area contributed by atoms with Crippen LogP contribution in [-0.4, -0.2) is 45.9 Å². The van der Waals surface area contributed by atoms with E-state index in [1.807, 2.05) is 60.7 Å². The lowest BCUT2D eigenvalue weighted by molar-refractivity contribution is -0.887. The van der Waals surface area contributed by atoms with Crippen LogP contribution in [0.4, 0.5) is 4.79 Å². The van der Waals surface area contributed by atoms with Crippen molar-refractivity contribution in [1.29, 1.82) is 0 Å². The van der Waals surface area contributed by atoms with Crippen molar-refractivity contribution >= 4 is 12.0 Å². The third-order valence-electron chi connectivity index (χ3n) is 5.32. The number of rotatable bonds is 4. The van der Waals surface area contributed by atoms with Crippen molar-refractivity contribution in [3.8, 4) is 0 Å². The molecule has 2 aromatic rings. The summed E-state index contributed by atoms with van der Waals surface area (Å²) in [5, 5.41) is 10.5. The van der Waals surface area contributed by atoms with Gasteiger partial charge >= 0.3 is 6.09 Å². The molecule has 1 fully saturated rings. The summed E-state index contributed by atoms with van der Waals surface area (Å²) in [6.07, 6.45) is -1.28. The largest absolute Gasteiger partial charge is 0.518 e. The summed E-state index contributed by atoms with van der Waals surface area (Å²) >= 11 is 0. The SMILES string of the molecule is CC(C)(C)OC(=O)[N@@+]1(C(c2ccccc2)c2ccccc2)C[C@H](O)CC1C(N)=O.